The molecule has 1 N–H and O–H groups in total. The van der Waals surface area contributed by atoms with E-state index in [9.17, 15) is 18.9 Å². The first-order valence-electron chi connectivity index (χ1n) is 5.44. The number of rotatable bonds is 4. The molecule has 7 nitrogen and oxygen atoms in total. The maximum atomic E-state index is 13.7. The quantitative estimate of drug-likeness (QED) is 0.664. The van der Waals surface area contributed by atoms with E-state index in [2.05, 4.69) is 31.2 Å². The molecule has 0 aliphatic heterocycles. The minimum Gasteiger partial charge on any atom is -0.434 e. The van der Waals surface area contributed by atoms with Crippen molar-refractivity contribution in [1.82, 2.24) is 9.97 Å². The van der Waals surface area contributed by atoms with Crippen LogP contribution >= 0.6 is 15.9 Å². The van der Waals surface area contributed by atoms with Crippen LogP contribution in [0.3, 0.4) is 0 Å². The molecule has 1 aromatic carbocycles. The Morgan fingerprint density at radius 1 is 1.38 bits per heavy atom. The van der Waals surface area contributed by atoms with Gasteiger partial charge in [-0.05, 0) is 15.9 Å². The summed E-state index contributed by atoms with van der Waals surface area (Å²) < 4.78 is 32.6. The molecule has 1 heterocycles. The van der Waals surface area contributed by atoms with E-state index in [0.29, 0.717) is 16.6 Å². The predicted octanol–water partition coefficient (Wildman–Crippen LogP) is 3.26. The van der Waals surface area contributed by atoms with Crippen LogP contribution in [0.15, 0.2) is 22.8 Å². The fourth-order valence-corrected chi connectivity index (χ4v) is 1.66. The SMILES string of the molecule is CNc1ncc(Br)c(Oc2cc(F)c([N+](=O)[O-])cc2F)n1. The number of hydrogen-bond donors (Lipinski definition) is 1. The summed E-state index contributed by atoms with van der Waals surface area (Å²) in [5.74, 6) is -2.69. The molecule has 21 heavy (non-hydrogen) atoms. The maximum Gasteiger partial charge on any atom is 0.307 e. The second-order valence-electron chi connectivity index (χ2n) is 3.69. The summed E-state index contributed by atoms with van der Waals surface area (Å²) in [7, 11) is 1.57. The second-order valence-corrected chi connectivity index (χ2v) is 4.54. The van der Waals surface area contributed by atoms with Crippen molar-refractivity contribution in [3.63, 3.8) is 0 Å². The first-order valence-corrected chi connectivity index (χ1v) is 6.23. The van der Waals surface area contributed by atoms with Crippen LogP contribution in [0.25, 0.3) is 0 Å². The lowest BCUT2D eigenvalue weighted by Crippen LogP contribution is -2.00. The number of benzene rings is 1. The largest absolute Gasteiger partial charge is 0.434 e. The lowest BCUT2D eigenvalue weighted by molar-refractivity contribution is -0.387. The highest BCUT2D eigenvalue weighted by Crippen LogP contribution is 2.32. The molecule has 0 atom stereocenters. The summed E-state index contributed by atoms with van der Waals surface area (Å²) >= 11 is 3.10. The van der Waals surface area contributed by atoms with Gasteiger partial charge >= 0.3 is 5.69 Å². The molecule has 10 heteroatoms. The zero-order chi connectivity index (χ0) is 15.6. The van der Waals surface area contributed by atoms with Crippen molar-refractivity contribution in [3.8, 4) is 11.6 Å². The average Bonchev–Trinajstić information content (AvgIpc) is 2.44. The van der Waals surface area contributed by atoms with Gasteiger partial charge in [0.05, 0.1) is 21.7 Å². The van der Waals surface area contributed by atoms with Gasteiger partial charge in [-0.15, -0.1) is 0 Å². The lowest BCUT2D eigenvalue weighted by Gasteiger charge is -2.08. The van der Waals surface area contributed by atoms with Gasteiger partial charge in [0.25, 0.3) is 0 Å². The van der Waals surface area contributed by atoms with E-state index < -0.39 is 28.0 Å². The van der Waals surface area contributed by atoms with Crippen LogP contribution in [0, 0.1) is 21.7 Å². The Bertz CT molecular complexity index is 714. The molecule has 1 aromatic heterocycles. The lowest BCUT2D eigenvalue weighted by atomic mass is 10.3. The molecular formula is C11H7BrF2N4O3. The summed E-state index contributed by atoms with van der Waals surface area (Å²) in [4.78, 5) is 17.2. The highest BCUT2D eigenvalue weighted by molar-refractivity contribution is 9.10. The summed E-state index contributed by atoms with van der Waals surface area (Å²) in [5, 5.41) is 13.2. The van der Waals surface area contributed by atoms with Crippen LogP contribution in [0.1, 0.15) is 0 Å². The van der Waals surface area contributed by atoms with Crippen molar-refractivity contribution in [1.29, 1.82) is 0 Å². The van der Waals surface area contributed by atoms with Crippen LogP contribution in [-0.2, 0) is 0 Å². The molecule has 0 saturated heterocycles. The molecule has 0 aliphatic carbocycles. The van der Waals surface area contributed by atoms with E-state index in [1.165, 1.54) is 6.20 Å². The van der Waals surface area contributed by atoms with E-state index in [-0.39, 0.29) is 11.8 Å². The Morgan fingerprint density at radius 3 is 2.71 bits per heavy atom. The minimum atomic E-state index is -1.21. The highest BCUT2D eigenvalue weighted by atomic mass is 79.9. The Morgan fingerprint density at radius 2 is 2.10 bits per heavy atom. The van der Waals surface area contributed by atoms with Crippen LogP contribution < -0.4 is 10.1 Å². The number of nitrogens with one attached hydrogen (secondary N) is 1. The van der Waals surface area contributed by atoms with E-state index in [0.717, 1.165) is 0 Å². The van der Waals surface area contributed by atoms with E-state index in [1.54, 1.807) is 7.05 Å². The van der Waals surface area contributed by atoms with Crippen LogP contribution in [-0.4, -0.2) is 21.9 Å². The topological polar surface area (TPSA) is 90.2 Å². The molecule has 0 fully saturated rings. The molecule has 0 bridgehead atoms. The molecule has 2 rings (SSSR count). The first kappa shape index (κ1) is 15.0. The molecule has 0 unspecified atom stereocenters. The normalized spacial score (nSPS) is 10.3. The Hall–Kier alpha value is -2.36. The zero-order valence-corrected chi connectivity index (χ0v) is 12.0. The van der Waals surface area contributed by atoms with Crippen molar-refractivity contribution >= 4 is 27.6 Å². The smallest absolute Gasteiger partial charge is 0.307 e. The van der Waals surface area contributed by atoms with Gasteiger partial charge in [0.15, 0.2) is 11.6 Å². The molecule has 0 saturated carbocycles. The molecule has 0 amide bonds. The van der Waals surface area contributed by atoms with Gasteiger partial charge in [0.1, 0.15) is 0 Å². The highest BCUT2D eigenvalue weighted by Gasteiger charge is 2.20. The van der Waals surface area contributed by atoms with Crippen LogP contribution in [0.5, 0.6) is 11.6 Å². The number of nitrogens with zero attached hydrogens (tertiary/aromatic N) is 3. The molecule has 0 aliphatic rings. The summed E-state index contributed by atoms with van der Waals surface area (Å²) in [5.41, 5.74) is -0.975. The number of hydrogen-bond acceptors (Lipinski definition) is 6. The third-order valence-corrected chi connectivity index (χ3v) is 2.88. The molecular weight excluding hydrogens is 354 g/mol. The van der Waals surface area contributed by atoms with Crippen molar-refractivity contribution in [3.05, 3.63) is 44.6 Å². The van der Waals surface area contributed by atoms with Crippen molar-refractivity contribution in [2.24, 2.45) is 0 Å². The number of nitro benzene ring substituents is 1. The zero-order valence-electron chi connectivity index (χ0n) is 10.4. The van der Waals surface area contributed by atoms with Crippen LogP contribution in [0.4, 0.5) is 20.4 Å². The predicted molar refractivity (Wildman–Crippen MR) is 72.4 cm³/mol. The second kappa shape index (κ2) is 5.95. The summed E-state index contributed by atoms with van der Waals surface area (Å²) in [6.07, 6.45) is 1.35. The molecule has 0 radical (unpaired) electrons. The molecule has 110 valence electrons. The average molecular weight is 361 g/mol. The molecule has 2 aromatic rings. The van der Waals surface area contributed by atoms with Crippen molar-refractivity contribution < 1.29 is 18.4 Å². The number of nitro groups is 1. The third-order valence-electron chi connectivity index (χ3n) is 2.34. The van der Waals surface area contributed by atoms with E-state index in [4.69, 9.17) is 4.74 Å². The molecule has 0 spiro atoms. The van der Waals surface area contributed by atoms with Crippen LogP contribution in [0.2, 0.25) is 0 Å². The van der Waals surface area contributed by atoms with Gasteiger partial charge in [0, 0.05) is 13.1 Å². The Kier molecular flexibility index (Phi) is 4.26. The van der Waals surface area contributed by atoms with Gasteiger partial charge in [-0.1, -0.05) is 0 Å². The van der Waals surface area contributed by atoms with Gasteiger partial charge < -0.3 is 10.1 Å². The fraction of sp³-hybridized carbons (Fsp3) is 0.0909. The van der Waals surface area contributed by atoms with Gasteiger partial charge in [-0.3, -0.25) is 10.1 Å². The summed E-state index contributed by atoms with van der Waals surface area (Å²) in [6.45, 7) is 0. The fourth-order valence-electron chi connectivity index (χ4n) is 1.38. The Labute approximate surface area is 125 Å². The first-order chi connectivity index (χ1) is 9.92. The Balaban J connectivity index is 2.40. The van der Waals surface area contributed by atoms with Gasteiger partial charge in [0.2, 0.25) is 17.6 Å². The van der Waals surface area contributed by atoms with Crippen molar-refractivity contribution in [2.45, 2.75) is 0 Å². The number of aromatic nitrogens is 2. The third kappa shape index (κ3) is 3.21. The monoisotopic (exact) mass is 360 g/mol. The standard InChI is InChI=1S/C11H7BrF2N4O3/c1-15-11-16-4-5(12)10(17-11)21-9-3-6(13)8(18(19)20)2-7(9)14/h2-4H,1H3,(H,15,16,17). The number of ether oxygens (including phenoxy) is 1. The van der Waals surface area contributed by atoms with Gasteiger partial charge in [-0.25, -0.2) is 9.37 Å². The number of anilines is 1. The summed E-state index contributed by atoms with van der Waals surface area (Å²) in [6, 6.07) is 1.03. The van der Waals surface area contributed by atoms with Crippen molar-refractivity contribution in [2.75, 3.05) is 12.4 Å². The van der Waals surface area contributed by atoms with E-state index in [1.807, 2.05) is 0 Å². The van der Waals surface area contributed by atoms with E-state index >= 15 is 0 Å². The number of halogens is 3. The maximum absolute atomic E-state index is 13.7. The van der Waals surface area contributed by atoms with Gasteiger partial charge in [-0.2, -0.15) is 9.37 Å². The minimum absolute atomic E-state index is 0.0681.